The lowest BCUT2D eigenvalue weighted by Gasteiger charge is -2.18. The van der Waals surface area contributed by atoms with Crippen molar-refractivity contribution in [1.29, 1.82) is 0 Å². The van der Waals surface area contributed by atoms with Gasteiger partial charge in [0.15, 0.2) is 0 Å². The lowest BCUT2D eigenvalue weighted by Crippen LogP contribution is -2.53. The van der Waals surface area contributed by atoms with E-state index in [-0.39, 0.29) is 13.0 Å². The van der Waals surface area contributed by atoms with Crippen LogP contribution in [0.5, 0.6) is 5.75 Å². The van der Waals surface area contributed by atoms with Gasteiger partial charge in [0.2, 0.25) is 0 Å². The van der Waals surface area contributed by atoms with Crippen LogP contribution in [0.1, 0.15) is 20.8 Å². The largest absolute Gasteiger partial charge is 0.497 e. The number of rotatable bonds is 9. The van der Waals surface area contributed by atoms with Gasteiger partial charge in [-0.15, -0.1) is 11.3 Å². The van der Waals surface area contributed by atoms with Gasteiger partial charge in [-0.1, -0.05) is 60.7 Å². The third-order valence-corrected chi connectivity index (χ3v) is 6.74. The van der Waals surface area contributed by atoms with Crippen molar-refractivity contribution in [3.05, 3.63) is 113 Å². The fourth-order valence-electron chi connectivity index (χ4n) is 3.60. The molecule has 0 aliphatic heterocycles. The molecule has 0 aliphatic carbocycles. The molecule has 38 heavy (non-hydrogen) atoms. The molecule has 1 heterocycles. The Labute approximate surface area is 224 Å². The van der Waals surface area contributed by atoms with Gasteiger partial charge in [-0.3, -0.25) is 20.4 Å². The summed E-state index contributed by atoms with van der Waals surface area (Å²) in [5.41, 5.74) is 7.47. The summed E-state index contributed by atoms with van der Waals surface area (Å²) in [6, 6.07) is 28.5. The lowest BCUT2D eigenvalue weighted by molar-refractivity contribution is -0.123. The quantitative estimate of drug-likeness (QED) is 0.272. The number of methoxy groups -OCH3 is 1. The zero-order valence-electron chi connectivity index (χ0n) is 20.7. The molecule has 3 aromatic carbocycles. The average Bonchev–Trinajstić information content (AvgIpc) is 3.46. The van der Waals surface area contributed by atoms with Crippen LogP contribution < -0.4 is 20.9 Å². The number of carbonyl (C=O) groups excluding carboxylic acids is 3. The fourth-order valence-corrected chi connectivity index (χ4v) is 4.51. The Balaban J connectivity index is 1.36. The van der Waals surface area contributed by atoms with Gasteiger partial charge in [-0.25, -0.2) is 4.79 Å². The van der Waals surface area contributed by atoms with Crippen molar-refractivity contribution in [2.75, 3.05) is 7.11 Å². The second-order valence-electron chi connectivity index (χ2n) is 8.28. The number of alkyl carbamates (subject to hydrolysis) is 1. The molecular formula is C29H27N3O5S. The van der Waals surface area contributed by atoms with Crippen molar-refractivity contribution in [2.45, 2.75) is 19.1 Å². The topological polar surface area (TPSA) is 106 Å². The molecule has 1 atom stereocenters. The first-order valence-electron chi connectivity index (χ1n) is 11.9. The third-order valence-electron chi connectivity index (χ3n) is 5.61. The maximum absolute atomic E-state index is 13.0. The van der Waals surface area contributed by atoms with Crippen LogP contribution in [-0.4, -0.2) is 31.1 Å². The van der Waals surface area contributed by atoms with Crippen LogP contribution in [0.25, 0.3) is 10.4 Å². The van der Waals surface area contributed by atoms with Crippen LogP contribution in [0.2, 0.25) is 0 Å². The van der Waals surface area contributed by atoms with E-state index in [0.29, 0.717) is 4.88 Å². The van der Waals surface area contributed by atoms with Crippen molar-refractivity contribution < 1.29 is 23.9 Å². The van der Waals surface area contributed by atoms with Gasteiger partial charge in [-0.2, -0.15) is 0 Å². The van der Waals surface area contributed by atoms with E-state index >= 15 is 0 Å². The Morgan fingerprint density at radius 1 is 0.789 bits per heavy atom. The van der Waals surface area contributed by atoms with E-state index in [1.807, 2.05) is 91.0 Å². The van der Waals surface area contributed by atoms with Crippen LogP contribution in [0.4, 0.5) is 4.79 Å². The highest BCUT2D eigenvalue weighted by Gasteiger charge is 2.23. The van der Waals surface area contributed by atoms with Gasteiger partial charge >= 0.3 is 6.09 Å². The summed E-state index contributed by atoms with van der Waals surface area (Å²) in [7, 11) is 1.60. The van der Waals surface area contributed by atoms with Crippen molar-refractivity contribution in [3.63, 3.8) is 0 Å². The molecule has 3 N–H and O–H groups in total. The number of benzene rings is 3. The summed E-state index contributed by atoms with van der Waals surface area (Å²) in [5, 5.41) is 2.60. The smallest absolute Gasteiger partial charge is 0.408 e. The van der Waals surface area contributed by atoms with E-state index in [1.165, 1.54) is 11.3 Å². The SMILES string of the molecule is COc1ccc(-c2ccc(C(=O)NNC(=O)[C@H](Cc3ccccc3)NC(=O)OCc3ccccc3)s2)cc1. The zero-order chi connectivity index (χ0) is 26.7. The number of hydrogen-bond donors (Lipinski definition) is 3. The standard InChI is InChI=1S/C29H27N3O5S/c1-36-23-14-12-22(13-15-23)25-16-17-26(38-25)28(34)32-31-27(33)24(18-20-8-4-2-5-9-20)30-29(35)37-19-21-10-6-3-7-11-21/h2-17,24H,18-19H2,1H3,(H,30,35)(H,31,33)(H,32,34)/t24-/m0/s1. The number of hydrogen-bond acceptors (Lipinski definition) is 6. The van der Waals surface area contributed by atoms with E-state index < -0.39 is 23.9 Å². The van der Waals surface area contributed by atoms with E-state index in [9.17, 15) is 14.4 Å². The summed E-state index contributed by atoms with van der Waals surface area (Å²) in [6.45, 7) is 0.0675. The molecule has 8 nitrogen and oxygen atoms in total. The highest BCUT2D eigenvalue weighted by Crippen LogP contribution is 2.29. The molecule has 0 saturated heterocycles. The Hall–Kier alpha value is -4.63. The maximum Gasteiger partial charge on any atom is 0.408 e. The second-order valence-corrected chi connectivity index (χ2v) is 9.37. The van der Waals surface area contributed by atoms with Crippen LogP contribution in [0, 0.1) is 0 Å². The molecule has 0 fully saturated rings. The first-order chi connectivity index (χ1) is 18.5. The van der Waals surface area contributed by atoms with Gasteiger partial charge in [0.05, 0.1) is 12.0 Å². The minimum atomic E-state index is -0.973. The highest BCUT2D eigenvalue weighted by atomic mass is 32.1. The van der Waals surface area contributed by atoms with Gasteiger partial charge in [0, 0.05) is 11.3 Å². The summed E-state index contributed by atoms with van der Waals surface area (Å²) < 4.78 is 10.5. The van der Waals surface area contributed by atoms with E-state index in [0.717, 1.165) is 27.3 Å². The predicted molar refractivity (Wildman–Crippen MR) is 146 cm³/mol. The first-order valence-corrected chi connectivity index (χ1v) is 12.7. The second kappa shape index (κ2) is 13.1. The number of amides is 3. The fraction of sp³-hybridized carbons (Fsp3) is 0.138. The molecule has 0 unspecified atom stereocenters. The Bertz CT molecular complexity index is 1360. The van der Waals surface area contributed by atoms with Crippen LogP contribution in [0.3, 0.4) is 0 Å². The van der Waals surface area contributed by atoms with Crippen molar-refractivity contribution in [1.82, 2.24) is 16.2 Å². The molecule has 1 aromatic heterocycles. The van der Waals surface area contributed by atoms with E-state index in [2.05, 4.69) is 16.2 Å². The number of nitrogens with one attached hydrogen (secondary N) is 3. The van der Waals surface area contributed by atoms with Crippen molar-refractivity contribution >= 4 is 29.2 Å². The minimum Gasteiger partial charge on any atom is -0.497 e. The van der Waals surface area contributed by atoms with Crippen molar-refractivity contribution in [2.24, 2.45) is 0 Å². The molecule has 194 valence electrons. The van der Waals surface area contributed by atoms with Crippen LogP contribution in [-0.2, 0) is 22.6 Å². The number of hydrazine groups is 1. The van der Waals surface area contributed by atoms with E-state index in [1.54, 1.807) is 13.2 Å². The highest BCUT2D eigenvalue weighted by molar-refractivity contribution is 7.17. The molecule has 3 amide bonds. The number of ether oxygens (including phenoxy) is 2. The molecule has 0 bridgehead atoms. The monoisotopic (exact) mass is 529 g/mol. The zero-order valence-corrected chi connectivity index (χ0v) is 21.5. The Morgan fingerprint density at radius 2 is 1.45 bits per heavy atom. The average molecular weight is 530 g/mol. The summed E-state index contributed by atoms with van der Waals surface area (Å²) in [4.78, 5) is 39.5. The summed E-state index contributed by atoms with van der Waals surface area (Å²) >= 11 is 1.29. The molecule has 4 aromatic rings. The van der Waals surface area contributed by atoms with Crippen LogP contribution >= 0.6 is 11.3 Å². The normalized spacial score (nSPS) is 11.2. The molecule has 4 rings (SSSR count). The minimum absolute atomic E-state index is 0.0675. The summed E-state index contributed by atoms with van der Waals surface area (Å²) in [5.74, 6) is -0.298. The lowest BCUT2D eigenvalue weighted by atomic mass is 10.1. The Kier molecular flexibility index (Phi) is 9.09. The Morgan fingerprint density at radius 3 is 2.11 bits per heavy atom. The maximum atomic E-state index is 13.0. The molecule has 0 saturated carbocycles. The third kappa shape index (κ3) is 7.44. The van der Waals surface area contributed by atoms with E-state index in [4.69, 9.17) is 9.47 Å². The first kappa shape index (κ1) is 26.4. The van der Waals surface area contributed by atoms with Gasteiger partial charge in [0.1, 0.15) is 18.4 Å². The predicted octanol–water partition coefficient (Wildman–Crippen LogP) is 4.72. The van der Waals surface area contributed by atoms with Gasteiger partial charge in [-0.05, 0) is 53.1 Å². The number of carbonyl (C=O) groups is 3. The summed E-state index contributed by atoms with van der Waals surface area (Å²) in [6.07, 6.45) is -0.525. The van der Waals surface area contributed by atoms with Crippen LogP contribution in [0.15, 0.2) is 97.1 Å². The molecule has 0 spiro atoms. The molecule has 9 heteroatoms. The number of thiophene rings is 1. The molecule has 0 radical (unpaired) electrons. The van der Waals surface area contributed by atoms with Gasteiger partial charge in [0.25, 0.3) is 11.8 Å². The van der Waals surface area contributed by atoms with Crippen molar-refractivity contribution in [3.8, 4) is 16.2 Å². The molecular weight excluding hydrogens is 502 g/mol. The van der Waals surface area contributed by atoms with Gasteiger partial charge < -0.3 is 14.8 Å². The molecule has 0 aliphatic rings.